The molecule has 26 heavy (non-hydrogen) atoms. The minimum atomic E-state index is -3.73. The van der Waals surface area contributed by atoms with Crippen LogP contribution in [0.4, 0.5) is 0 Å². The minimum Gasteiger partial charge on any atom is -0.480 e. The van der Waals surface area contributed by atoms with Gasteiger partial charge in [-0.1, -0.05) is 26.3 Å². The molecule has 8 nitrogen and oxygen atoms in total. The van der Waals surface area contributed by atoms with E-state index < -0.39 is 27.9 Å². The monoisotopic (exact) mass is 384 g/mol. The molecule has 1 aromatic rings. The summed E-state index contributed by atoms with van der Waals surface area (Å²) in [6.45, 7) is 4.74. The lowest BCUT2D eigenvalue weighted by Gasteiger charge is -2.26. The van der Waals surface area contributed by atoms with Crippen LogP contribution >= 0.6 is 0 Å². The maximum Gasteiger partial charge on any atom is 0.326 e. The molecule has 144 valence electrons. The van der Waals surface area contributed by atoms with Crippen LogP contribution in [-0.4, -0.2) is 62.1 Å². The number of ether oxygens (including phenoxy) is 1. The van der Waals surface area contributed by atoms with Gasteiger partial charge in [-0.25, -0.2) is 13.2 Å². The molecular weight excluding hydrogens is 360 g/mol. The van der Waals surface area contributed by atoms with Crippen LogP contribution in [0.5, 0.6) is 0 Å². The molecule has 0 aliphatic carbocycles. The largest absolute Gasteiger partial charge is 0.480 e. The molecule has 2 atom stereocenters. The number of sulfonamides is 1. The highest BCUT2D eigenvalue weighted by Gasteiger charge is 2.28. The lowest BCUT2D eigenvalue weighted by Crippen LogP contribution is -2.45. The Morgan fingerprint density at radius 3 is 2.54 bits per heavy atom. The average molecular weight is 384 g/mol. The van der Waals surface area contributed by atoms with E-state index in [0.29, 0.717) is 19.6 Å². The summed E-state index contributed by atoms with van der Waals surface area (Å²) >= 11 is 0. The van der Waals surface area contributed by atoms with Crippen molar-refractivity contribution >= 4 is 21.9 Å². The molecule has 1 aliphatic rings. The summed E-state index contributed by atoms with van der Waals surface area (Å²) in [5.41, 5.74) is 0.105. The molecule has 0 saturated carbocycles. The van der Waals surface area contributed by atoms with Gasteiger partial charge in [0.2, 0.25) is 10.0 Å². The van der Waals surface area contributed by atoms with E-state index in [0.717, 1.165) is 0 Å². The zero-order chi connectivity index (χ0) is 19.3. The van der Waals surface area contributed by atoms with Crippen LogP contribution in [0, 0.1) is 5.92 Å². The van der Waals surface area contributed by atoms with Crippen molar-refractivity contribution < 1.29 is 27.9 Å². The normalized spacial score (nSPS) is 18.1. The van der Waals surface area contributed by atoms with Gasteiger partial charge in [-0.05, 0) is 24.1 Å². The summed E-state index contributed by atoms with van der Waals surface area (Å²) in [6.07, 6.45) is 0.586. The van der Waals surface area contributed by atoms with Crippen LogP contribution in [0.1, 0.15) is 30.6 Å². The molecule has 1 aromatic carbocycles. The van der Waals surface area contributed by atoms with E-state index >= 15 is 0 Å². The highest BCUT2D eigenvalue weighted by atomic mass is 32.2. The number of hydrogen-bond donors (Lipinski definition) is 2. The number of carbonyl (C=O) groups is 2. The molecule has 0 bridgehead atoms. The van der Waals surface area contributed by atoms with Gasteiger partial charge in [0.1, 0.15) is 6.04 Å². The molecule has 2 unspecified atom stereocenters. The van der Waals surface area contributed by atoms with Gasteiger partial charge in [0.25, 0.3) is 5.91 Å². The van der Waals surface area contributed by atoms with Gasteiger partial charge < -0.3 is 15.2 Å². The van der Waals surface area contributed by atoms with Crippen molar-refractivity contribution in [1.29, 1.82) is 0 Å². The molecule has 0 spiro atoms. The van der Waals surface area contributed by atoms with Gasteiger partial charge in [0.15, 0.2) is 0 Å². The fourth-order valence-electron chi connectivity index (χ4n) is 2.64. The van der Waals surface area contributed by atoms with Gasteiger partial charge in [0.05, 0.1) is 18.1 Å². The Balaban J connectivity index is 2.22. The van der Waals surface area contributed by atoms with E-state index in [4.69, 9.17) is 4.74 Å². The van der Waals surface area contributed by atoms with Gasteiger partial charge in [-0.2, -0.15) is 4.31 Å². The van der Waals surface area contributed by atoms with E-state index in [1.54, 1.807) is 6.92 Å². The summed E-state index contributed by atoms with van der Waals surface area (Å²) in [5.74, 6) is -1.99. The number of rotatable bonds is 7. The maximum atomic E-state index is 12.7. The standard InChI is InChI=1S/C17H24N2O6S/c1-3-12(2)15(17(21)22)18-16(20)13-5-4-6-14(11-13)26(23,24)19-7-9-25-10-8-19/h4-6,11-12,15H,3,7-10H2,1-2H3,(H,18,20)(H,21,22). The van der Waals surface area contributed by atoms with Crippen molar-refractivity contribution in [2.45, 2.75) is 31.2 Å². The summed E-state index contributed by atoms with van der Waals surface area (Å²) in [4.78, 5) is 23.8. The third-order valence-electron chi connectivity index (χ3n) is 4.47. The number of amides is 1. The topological polar surface area (TPSA) is 113 Å². The van der Waals surface area contributed by atoms with E-state index in [-0.39, 0.29) is 29.5 Å². The molecule has 1 fully saturated rings. The summed E-state index contributed by atoms with van der Waals surface area (Å²) in [6, 6.07) is 4.59. The van der Waals surface area contributed by atoms with Gasteiger partial charge in [-0.3, -0.25) is 4.79 Å². The first-order chi connectivity index (χ1) is 12.3. The lowest BCUT2D eigenvalue weighted by molar-refractivity contribution is -0.140. The Hall–Kier alpha value is -1.97. The number of hydrogen-bond acceptors (Lipinski definition) is 5. The molecule has 1 saturated heterocycles. The first kappa shape index (κ1) is 20.3. The molecule has 0 aromatic heterocycles. The van der Waals surface area contributed by atoms with Crippen molar-refractivity contribution in [3.05, 3.63) is 29.8 Å². The third-order valence-corrected chi connectivity index (χ3v) is 6.36. The highest BCUT2D eigenvalue weighted by Crippen LogP contribution is 2.19. The van der Waals surface area contributed by atoms with E-state index in [9.17, 15) is 23.1 Å². The van der Waals surface area contributed by atoms with Gasteiger partial charge in [0, 0.05) is 18.7 Å². The number of carboxylic acids is 1. The number of morpholine rings is 1. The Bertz CT molecular complexity index is 758. The summed E-state index contributed by atoms with van der Waals surface area (Å²) < 4.78 is 31.9. The fraction of sp³-hybridized carbons (Fsp3) is 0.529. The Morgan fingerprint density at radius 2 is 1.96 bits per heavy atom. The second kappa shape index (κ2) is 8.61. The number of carbonyl (C=O) groups excluding carboxylic acids is 1. The molecule has 2 rings (SSSR count). The Kier molecular flexibility index (Phi) is 6.74. The third kappa shape index (κ3) is 4.60. The van der Waals surface area contributed by atoms with E-state index in [1.807, 2.05) is 6.92 Å². The van der Waals surface area contributed by atoms with Crippen molar-refractivity contribution in [3.8, 4) is 0 Å². The number of nitrogens with one attached hydrogen (secondary N) is 1. The second-order valence-corrected chi connectivity index (χ2v) is 8.16. The van der Waals surface area contributed by atoms with Crippen molar-refractivity contribution in [2.24, 2.45) is 5.92 Å². The maximum absolute atomic E-state index is 12.7. The Labute approximate surface area is 153 Å². The molecule has 9 heteroatoms. The number of nitrogens with zero attached hydrogens (tertiary/aromatic N) is 1. The summed E-state index contributed by atoms with van der Waals surface area (Å²) in [5, 5.41) is 11.8. The molecule has 0 radical (unpaired) electrons. The lowest BCUT2D eigenvalue weighted by atomic mass is 9.99. The summed E-state index contributed by atoms with van der Waals surface area (Å²) in [7, 11) is -3.73. The van der Waals surface area contributed by atoms with Crippen molar-refractivity contribution in [3.63, 3.8) is 0 Å². The van der Waals surface area contributed by atoms with E-state index in [1.165, 1.54) is 28.6 Å². The zero-order valence-corrected chi connectivity index (χ0v) is 15.7. The number of benzene rings is 1. The van der Waals surface area contributed by atoms with Crippen molar-refractivity contribution in [1.82, 2.24) is 9.62 Å². The average Bonchev–Trinajstić information content (AvgIpc) is 2.65. The highest BCUT2D eigenvalue weighted by molar-refractivity contribution is 7.89. The predicted octanol–water partition coefficient (Wildman–Crippen LogP) is 0.937. The molecule has 2 N–H and O–H groups in total. The van der Waals surface area contributed by atoms with Crippen LogP contribution < -0.4 is 5.32 Å². The number of aliphatic carboxylic acids is 1. The zero-order valence-electron chi connectivity index (χ0n) is 14.8. The van der Waals surface area contributed by atoms with Crippen molar-refractivity contribution in [2.75, 3.05) is 26.3 Å². The molecular formula is C17H24N2O6S. The quantitative estimate of drug-likeness (QED) is 0.723. The van der Waals surface area contributed by atoms with Gasteiger partial charge in [-0.15, -0.1) is 0 Å². The SMILES string of the molecule is CCC(C)C(NC(=O)c1cccc(S(=O)(=O)N2CCOCC2)c1)C(=O)O. The number of carboxylic acid groups (broad SMARTS) is 1. The first-order valence-electron chi connectivity index (χ1n) is 8.49. The molecule has 1 heterocycles. The smallest absolute Gasteiger partial charge is 0.326 e. The molecule has 1 aliphatic heterocycles. The van der Waals surface area contributed by atoms with Gasteiger partial charge >= 0.3 is 5.97 Å². The minimum absolute atomic E-state index is 0.00228. The predicted molar refractivity (Wildman–Crippen MR) is 94.4 cm³/mol. The fourth-order valence-corrected chi connectivity index (χ4v) is 4.10. The van der Waals surface area contributed by atoms with Crippen LogP contribution in [0.3, 0.4) is 0 Å². The van der Waals surface area contributed by atoms with Crippen LogP contribution in [0.2, 0.25) is 0 Å². The first-order valence-corrected chi connectivity index (χ1v) is 9.93. The van der Waals surface area contributed by atoms with Crippen LogP contribution in [0.25, 0.3) is 0 Å². The van der Waals surface area contributed by atoms with Crippen LogP contribution in [-0.2, 0) is 19.6 Å². The Morgan fingerprint density at radius 1 is 1.31 bits per heavy atom. The van der Waals surface area contributed by atoms with E-state index in [2.05, 4.69) is 5.32 Å². The second-order valence-electron chi connectivity index (χ2n) is 6.22. The van der Waals surface area contributed by atoms with Crippen LogP contribution in [0.15, 0.2) is 29.2 Å². The molecule has 1 amide bonds.